The first kappa shape index (κ1) is 17.6. The second kappa shape index (κ2) is 7.36. The van der Waals surface area contributed by atoms with Crippen LogP contribution in [0.2, 0.25) is 0 Å². The Morgan fingerprint density at radius 1 is 1.16 bits per heavy atom. The lowest BCUT2D eigenvalue weighted by Crippen LogP contribution is -2.39. The number of amides is 1. The summed E-state index contributed by atoms with van der Waals surface area (Å²) < 4.78 is 13.0. The van der Waals surface area contributed by atoms with Crippen molar-refractivity contribution < 1.29 is 14.3 Å². The van der Waals surface area contributed by atoms with Gasteiger partial charge < -0.3 is 10.4 Å². The maximum absolute atomic E-state index is 13.0. The van der Waals surface area contributed by atoms with Gasteiger partial charge >= 0.3 is 0 Å². The number of rotatable bonds is 7. The molecule has 0 saturated heterocycles. The van der Waals surface area contributed by atoms with Crippen LogP contribution in [0.3, 0.4) is 0 Å². The zero-order valence-electron chi connectivity index (χ0n) is 14.4. The average Bonchev–Trinajstić information content (AvgIpc) is 3.37. The first-order valence-electron chi connectivity index (χ1n) is 8.77. The molecular weight excluding hydrogens is 317 g/mol. The van der Waals surface area contributed by atoms with E-state index in [0.29, 0.717) is 12.0 Å². The van der Waals surface area contributed by atoms with Gasteiger partial charge in [-0.1, -0.05) is 42.5 Å². The molecule has 1 aliphatic carbocycles. The highest BCUT2D eigenvalue weighted by Gasteiger charge is 2.49. The van der Waals surface area contributed by atoms with Crippen LogP contribution in [0.25, 0.3) is 0 Å². The van der Waals surface area contributed by atoms with Crippen LogP contribution in [-0.4, -0.2) is 17.1 Å². The van der Waals surface area contributed by atoms with Crippen molar-refractivity contribution in [3.63, 3.8) is 0 Å². The summed E-state index contributed by atoms with van der Waals surface area (Å²) in [7, 11) is 0. The molecule has 2 atom stereocenters. The molecule has 0 aromatic heterocycles. The standard InChI is InChI=1S/C21H24FNO2/c1-15(13-19(24)17-7-9-18(22)10-8-17)23-20(25)21(11-12-21)14-16-5-3-2-4-6-16/h2-10,15,19,24H,11-14H2,1H3,(H,23,25). The topological polar surface area (TPSA) is 49.3 Å². The van der Waals surface area contributed by atoms with Gasteiger partial charge in [-0.05, 0) is 55.9 Å². The van der Waals surface area contributed by atoms with Crippen LogP contribution < -0.4 is 5.32 Å². The van der Waals surface area contributed by atoms with E-state index in [1.807, 2.05) is 25.1 Å². The van der Waals surface area contributed by atoms with Gasteiger partial charge in [0.05, 0.1) is 11.5 Å². The normalized spacial score (nSPS) is 17.6. The number of benzene rings is 2. The molecule has 1 amide bonds. The van der Waals surface area contributed by atoms with Gasteiger partial charge in [0.15, 0.2) is 0 Å². The van der Waals surface area contributed by atoms with Gasteiger partial charge in [-0.3, -0.25) is 4.79 Å². The van der Waals surface area contributed by atoms with Crippen molar-refractivity contribution in [2.24, 2.45) is 5.41 Å². The number of halogens is 1. The molecule has 2 aromatic carbocycles. The molecule has 2 unspecified atom stereocenters. The molecule has 0 spiro atoms. The monoisotopic (exact) mass is 341 g/mol. The number of nitrogens with one attached hydrogen (secondary N) is 1. The zero-order chi connectivity index (χ0) is 17.9. The Morgan fingerprint density at radius 2 is 1.80 bits per heavy atom. The summed E-state index contributed by atoms with van der Waals surface area (Å²) in [5.41, 5.74) is 1.54. The molecule has 132 valence electrons. The van der Waals surface area contributed by atoms with E-state index >= 15 is 0 Å². The third-order valence-corrected chi connectivity index (χ3v) is 4.93. The molecule has 3 nitrogen and oxygen atoms in total. The quantitative estimate of drug-likeness (QED) is 0.805. The van der Waals surface area contributed by atoms with Crippen molar-refractivity contribution in [2.45, 2.75) is 44.8 Å². The molecule has 0 heterocycles. The van der Waals surface area contributed by atoms with E-state index in [-0.39, 0.29) is 23.2 Å². The number of carbonyl (C=O) groups excluding carboxylic acids is 1. The number of aliphatic hydroxyl groups excluding tert-OH is 1. The van der Waals surface area contributed by atoms with Crippen molar-refractivity contribution in [3.05, 3.63) is 71.5 Å². The van der Waals surface area contributed by atoms with E-state index in [4.69, 9.17) is 0 Å². The summed E-state index contributed by atoms with van der Waals surface area (Å²) in [4.78, 5) is 12.7. The van der Waals surface area contributed by atoms with Gasteiger partial charge in [-0.2, -0.15) is 0 Å². The third kappa shape index (κ3) is 4.45. The van der Waals surface area contributed by atoms with Crippen LogP contribution in [0.5, 0.6) is 0 Å². The lowest BCUT2D eigenvalue weighted by Gasteiger charge is -2.22. The SMILES string of the molecule is CC(CC(O)c1ccc(F)cc1)NC(=O)C1(Cc2ccccc2)CC1. The molecule has 0 radical (unpaired) electrons. The van der Waals surface area contributed by atoms with E-state index in [9.17, 15) is 14.3 Å². The molecule has 25 heavy (non-hydrogen) atoms. The van der Waals surface area contributed by atoms with Gasteiger partial charge in [0.1, 0.15) is 5.82 Å². The van der Waals surface area contributed by atoms with Crippen LogP contribution in [0, 0.1) is 11.2 Å². The largest absolute Gasteiger partial charge is 0.388 e. The zero-order valence-corrected chi connectivity index (χ0v) is 14.4. The fourth-order valence-corrected chi connectivity index (χ4v) is 3.21. The van der Waals surface area contributed by atoms with Gasteiger partial charge in [0.2, 0.25) is 5.91 Å². The van der Waals surface area contributed by atoms with Gasteiger partial charge in [0, 0.05) is 6.04 Å². The minimum absolute atomic E-state index is 0.0650. The highest BCUT2D eigenvalue weighted by Crippen LogP contribution is 2.48. The van der Waals surface area contributed by atoms with Gasteiger partial charge in [-0.15, -0.1) is 0 Å². The number of hydrogen-bond donors (Lipinski definition) is 2. The Kier molecular flexibility index (Phi) is 5.19. The van der Waals surface area contributed by atoms with Crippen molar-refractivity contribution in [3.8, 4) is 0 Å². The third-order valence-electron chi connectivity index (χ3n) is 4.93. The Labute approximate surface area is 147 Å². The van der Waals surface area contributed by atoms with E-state index in [2.05, 4.69) is 17.4 Å². The predicted molar refractivity (Wildman–Crippen MR) is 95.4 cm³/mol. The van der Waals surface area contributed by atoms with Crippen LogP contribution in [0.15, 0.2) is 54.6 Å². The Bertz CT molecular complexity index is 710. The highest BCUT2D eigenvalue weighted by atomic mass is 19.1. The Balaban J connectivity index is 1.54. The summed E-state index contributed by atoms with van der Waals surface area (Å²) >= 11 is 0. The molecular formula is C21H24FNO2. The average molecular weight is 341 g/mol. The Morgan fingerprint density at radius 3 is 2.40 bits per heavy atom. The van der Waals surface area contributed by atoms with Crippen molar-refractivity contribution >= 4 is 5.91 Å². The molecule has 0 bridgehead atoms. The number of hydrogen-bond acceptors (Lipinski definition) is 2. The summed E-state index contributed by atoms with van der Waals surface area (Å²) in [5, 5.41) is 13.3. The lowest BCUT2D eigenvalue weighted by molar-refractivity contribution is -0.127. The predicted octanol–water partition coefficient (Wildman–Crippen LogP) is 3.78. The van der Waals surface area contributed by atoms with Crippen molar-refractivity contribution in [1.82, 2.24) is 5.32 Å². The lowest BCUT2D eigenvalue weighted by atomic mass is 9.94. The van der Waals surface area contributed by atoms with E-state index in [1.54, 1.807) is 12.1 Å². The summed E-state index contributed by atoms with van der Waals surface area (Å²) in [6.45, 7) is 1.89. The van der Waals surface area contributed by atoms with E-state index < -0.39 is 6.10 Å². The second-order valence-electron chi connectivity index (χ2n) is 7.12. The van der Waals surface area contributed by atoms with E-state index in [1.165, 1.54) is 17.7 Å². The maximum atomic E-state index is 13.0. The maximum Gasteiger partial charge on any atom is 0.226 e. The summed E-state index contributed by atoms with van der Waals surface area (Å²) in [6, 6.07) is 15.7. The van der Waals surface area contributed by atoms with E-state index in [0.717, 1.165) is 19.3 Å². The Hall–Kier alpha value is -2.20. The minimum atomic E-state index is -0.722. The van der Waals surface area contributed by atoms with Crippen molar-refractivity contribution in [2.75, 3.05) is 0 Å². The number of aliphatic hydroxyl groups is 1. The van der Waals surface area contributed by atoms with Gasteiger partial charge in [-0.25, -0.2) is 4.39 Å². The molecule has 4 heteroatoms. The molecule has 3 rings (SSSR count). The molecule has 1 fully saturated rings. The fourth-order valence-electron chi connectivity index (χ4n) is 3.21. The summed E-state index contributed by atoms with van der Waals surface area (Å²) in [5.74, 6) is -0.260. The van der Waals surface area contributed by atoms with Gasteiger partial charge in [0.25, 0.3) is 0 Å². The molecule has 1 saturated carbocycles. The van der Waals surface area contributed by atoms with Crippen molar-refractivity contribution in [1.29, 1.82) is 0 Å². The molecule has 1 aliphatic rings. The highest BCUT2D eigenvalue weighted by molar-refractivity contribution is 5.85. The van der Waals surface area contributed by atoms with Crippen LogP contribution >= 0.6 is 0 Å². The first-order valence-corrected chi connectivity index (χ1v) is 8.77. The van der Waals surface area contributed by atoms with Crippen LogP contribution in [0.1, 0.15) is 43.4 Å². The fraction of sp³-hybridized carbons (Fsp3) is 0.381. The second-order valence-corrected chi connectivity index (χ2v) is 7.12. The minimum Gasteiger partial charge on any atom is -0.388 e. The summed E-state index contributed by atoms with van der Waals surface area (Å²) in [6.07, 6.45) is 2.24. The molecule has 2 aromatic rings. The molecule has 2 N–H and O–H groups in total. The first-order chi connectivity index (χ1) is 12.0. The smallest absolute Gasteiger partial charge is 0.226 e. The molecule has 0 aliphatic heterocycles. The van der Waals surface area contributed by atoms with Crippen LogP contribution in [-0.2, 0) is 11.2 Å². The van der Waals surface area contributed by atoms with Crippen LogP contribution in [0.4, 0.5) is 4.39 Å². The number of carbonyl (C=O) groups is 1.